The second kappa shape index (κ2) is 8.03. The lowest BCUT2D eigenvalue weighted by Crippen LogP contribution is -1.94. The molecule has 3 heterocycles. The Bertz CT molecular complexity index is 2350. The summed E-state index contributed by atoms with van der Waals surface area (Å²) in [5.41, 5.74) is 6.32. The number of rotatable bonds is 2. The molecule has 0 unspecified atom stereocenters. The molecule has 182 valence electrons. The first-order valence-electron chi connectivity index (χ1n) is 13.2. The molecule has 0 aliphatic carbocycles. The van der Waals surface area contributed by atoms with Gasteiger partial charge in [-0.05, 0) is 53.6 Å². The minimum absolute atomic E-state index is 1.24. The number of aromatic nitrogens is 1. The van der Waals surface area contributed by atoms with Gasteiger partial charge in [0.05, 0.1) is 16.7 Å². The van der Waals surface area contributed by atoms with Crippen molar-refractivity contribution in [3.05, 3.63) is 127 Å². The summed E-state index contributed by atoms with van der Waals surface area (Å²) in [7, 11) is 0. The Balaban J connectivity index is 1.35. The van der Waals surface area contributed by atoms with Crippen LogP contribution in [0, 0.1) is 0 Å². The van der Waals surface area contributed by atoms with Gasteiger partial charge in [0, 0.05) is 51.1 Å². The van der Waals surface area contributed by atoms with Crippen LogP contribution < -0.4 is 0 Å². The SMILES string of the molecule is c1ccc2c(c1)sc1ccc(-c3cccc4c3sc3cccc(-n5c6ccccc6c6ccccc65)c34)cc12. The molecule has 0 bridgehead atoms. The minimum atomic E-state index is 1.24. The number of nitrogens with zero attached hydrogens (tertiary/aromatic N) is 1. The number of hydrogen-bond acceptors (Lipinski definition) is 2. The van der Waals surface area contributed by atoms with Crippen molar-refractivity contribution < 1.29 is 0 Å². The van der Waals surface area contributed by atoms with E-state index in [1.807, 2.05) is 22.7 Å². The molecule has 9 rings (SSSR count). The van der Waals surface area contributed by atoms with Crippen molar-refractivity contribution in [3.8, 4) is 16.8 Å². The molecule has 0 atom stereocenters. The molecule has 0 radical (unpaired) electrons. The zero-order chi connectivity index (χ0) is 25.5. The van der Waals surface area contributed by atoms with Gasteiger partial charge in [0.15, 0.2) is 0 Å². The third-order valence-corrected chi connectivity index (χ3v) is 10.4. The molecular weight excluding hydrogens is 511 g/mol. The minimum Gasteiger partial charge on any atom is -0.309 e. The topological polar surface area (TPSA) is 4.93 Å². The zero-order valence-corrected chi connectivity index (χ0v) is 22.5. The smallest absolute Gasteiger partial charge is 0.0555 e. The molecule has 0 N–H and O–H groups in total. The number of hydrogen-bond donors (Lipinski definition) is 0. The lowest BCUT2D eigenvalue weighted by atomic mass is 10.0. The number of thiophene rings is 2. The van der Waals surface area contributed by atoms with Crippen molar-refractivity contribution in [2.24, 2.45) is 0 Å². The molecule has 0 aliphatic heterocycles. The lowest BCUT2D eigenvalue weighted by Gasteiger charge is -2.10. The van der Waals surface area contributed by atoms with Crippen molar-refractivity contribution in [1.29, 1.82) is 0 Å². The first kappa shape index (κ1) is 21.5. The third-order valence-electron chi connectivity index (χ3n) is 8.01. The fraction of sp³-hybridized carbons (Fsp3) is 0. The summed E-state index contributed by atoms with van der Waals surface area (Å²) in [6.45, 7) is 0. The van der Waals surface area contributed by atoms with E-state index in [2.05, 4.69) is 132 Å². The van der Waals surface area contributed by atoms with Gasteiger partial charge in [-0.25, -0.2) is 0 Å². The number of benzene rings is 6. The van der Waals surface area contributed by atoms with Crippen molar-refractivity contribution in [3.63, 3.8) is 0 Å². The molecule has 1 nitrogen and oxygen atoms in total. The Kier molecular flexibility index (Phi) is 4.43. The van der Waals surface area contributed by atoms with Crippen LogP contribution in [0.5, 0.6) is 0 Å². The molecular formula is C36H21NS2. The van der Waals surface area contributed by atoms with Crippen LogP contribution in [0.15, 0.2) is 127 Å². The summed E-state index contributed by atoms with van der Waals surface area (Å²) in [5.74, 6) is 0. The summed E-state index contributed by atoms with van der Waals surface area (Å²) in [6, 6.07) is 46.8. The van der Waals surface area contributed by atoms with Gasteiger partial charge in [-0.2, -0.15) is 0 Å². The Morgan fingerprint density at radius 3 is 1.90 bits per heavy atom. The molecule has 0 fully saturated rings. The Morgan fingerprint density at radius 2 is 1.08 bits per heavy atom. The highest BCUT2D eigenvalue weighted by atomic mass is 32.1. The molecule has 0 aliphatic rings. The average Bonchev–Trinajstić information content (AvgIpc) is 3.66. The molecule has 3 aromatic heterocycles. The van der Waals surface area contributed by atoms with E-state index < -0.39 is 0 Å². The van der Waals surface area contributed by atoms with Gasteiger partial charge in [-0.3, -0.25) is 0 Å². The summed E-state index contributed by atoms with van der Waals surface area (Å²) < 4.78 is 7.81. The normalized spacial score (nSPS) is 12.1. The van der Waals surface area contributed by atoms with E-state index in [9.17, 15) is 0 Å². The lowest BCUT2D eigenvalue weighted by molar-refractivity contribution is 1.20. The van der Waals surface area contributed by atoms with Gasteiger partial charge in [0.2, 0.25) is 0 Å². The molecule has 6 aromatic carbocycles. The van der Waals surface area contributed by atoms with Crippen molar-refractivity contribution in [1.82, 2.24) is 4.57 Å². The highest BCUT2D eigenvalue weighted by Gasteiger charge is 2.18. The van der Waals surface area contributed by atoms with E-state index in [0.29, 0.717) is 0 Å². The first-order chi connectivity index (χ1) is 19.3. The summed E-state index contributed by atoms with van der Waals surface area (Å²) >= 11 is 3.78. The van der Waals surface area contributed by atoms with E-state index >= 15 is 0 Å². The Labute approximate surface area is 232 Å². The van der Waals surface area contributed by atoms with Crippen molar-refractivity contribution in [2.75, 3.05) is 0 Å². The standard InChI is InChI=1S/C36H21NS2/c1-4-14-29-24(9-1)25-10-2-5-15-30(25)37(29)31-16-8-18-34-35(31)27-13-7-12-23(36(27)39-34)22-19-20-33-28(21-22)26-11-3-6-17-32(26)38-33/h1-21H. The van der Waals surface area contributed by atoms with Crippen LogP contribution in [-0.4, -0.2) is 4.57 Å². The van der Waals surface area contributed by atoms with E-state index in [4.69, 9.17) is 0 Å². The third kappa shape index (κ3) is 3.00. The predicted octanol–water partition coefficient (Wildman–Crippen LogP) is 11.2. The molecule has 9 aromatic rings. The molecule has 0 amide bonds. The number of fused-ring (bicyclic) bond motifs is 9. The Morgan fingerprint density at radius 1 is 0.436 bits per heavy atom. The number of para-hydroxylation sites is 2. The molecule has 0 saturated carbocycles. The zero-order valence-electron chi connectivity index (χ0n) is 20.9. The van der Waals surface area contributed by atoms with Crippen LogP contribution in [0.1, 0.15) is 0 Å². The van der Waals surface area contributed by atoms with E-state index in [-0.39, 0.29) is 0 Å². The van der Waals surface area contributed by atoms with Gasteiger partial charge >= 0.3 is 0 Å². The highest BCUT2D eigenvalue weighted by molar-refractivity contribution is 7.26. The van der Waals surface area contributed by atoms with Crippen LogP contribution in [0.2, 0.25) is 0 Å². The second-order valence-electron chi connectivity index (χ2n) is 10.1. The quantitative estimate of drug-likeness (QED) is 0.209. The van der Waals surface area contributed by atoms with Gasteiger partial charge in [-0.15, -0.1) is 22.7 Å². The molecule has 39 heavy (non-hydrogen) atoms. The van der Waals surface area contributed by atoms with Crippen LogP contribution >= 0.6 is 22.7 Å². The summed E-state index contributed by atoms with van der Waals surface area (Å²) in [4.78, 5) is 0. The van der Waals surface area contributed by atoms with Gasteiger partial charge in [0.25, 0.3) is 0 Å². The predicted molar refractivity (Wildman–Crippen MR) is 172 cm³/mol. The monoisotopic (exact) mass is 531 g/mol. The maximum Gasteiger partial charge on any atom is 0.0555 e. The second-order valence-corrected chi connectivity index (χ2v) is 12.2. The van der Waals surface area contributed by atoms with Crippen molar-refractivity contribution in [2.45, 2.75) is 0 Å². The van der Waals surface area contributed by atoms with Gasteiger partial charge < -0.3 is 4.57 Å². The van der Waals surface area contributed by atoms with E-state index in [1.165, 1.54) is 79.0 Å². The largest absolute Gasteiger partial charge is 0.309 e. The van der Waals surface area contributed by atoms with Crippen molar-refractivity contribution >= 4 is 84.8 Å². The Hall–Kier alpha value is -4.44. The summed E-state index contributed by atoms with van der Waals surface area (Å²) in [6.07, 6.45) is 0. The van der Waals surface area contributed by atoms with E-state index in [1.54, 1.807) is 0 Å². The maximum atomic E-state index is 2.45. The average molecular weight is 532 g/mol. The molecule has 0 saturated heterocycles. The molecule has 3 heteroatoms. The van der Waals surface area contributed by atoms with Crippen LogP contribution in [0.3, 0.4) is 0 Å². The molecule has 0 spiro atoms. The highest BCUT2D eigenvalue weighted by Crippen LogP contribution is 2.45. The first-order valence-corrected chi connectivity index (χ1v) is 14.8. The van der Waals surface area contributed by atoms with Gasteiger partial charge in [0.1, 0.15) is 0 Å². The van der Waals surface area contributed by atoms with Gasteiger partial charge in [-0.1, -0.05) is 84.9 Å². The van der Waals surface area contributed by atoms with Crippen LogP contribution in [0.4, 0.5) is 0 Å². The fourth-order valence-corrected chi connectivity index (χ4v) is 8.66. The maximum absolute atomic E-state index is 2.45. The van der Waals surface area contributed by atoms with Crippen LogP contribution in [-0.2, 0) is 0 Å². The van der Waals surface area contributed by atoms with E-state index in [0.717, 1.165) is 0 Å². The summed E-state index contributed by atoms with van der Waals surface area (Å²) in [5, 5.41) is 7.92. The van der Waals surface area contributed by atoms with Crippen LogP contribution in [0.25, 0.3) is 79.0 Å². The fourth-order valence-electron chi connectivity index (χ4n) is 6.32.